The van der Waals surface area contributed by atoms with Crippen LogP contribution in [0.15, 0.2) is 24.5 Å². The molecule has 0 bridgehead atoms. The van der Waals surface area contributed by atoms with Crippen molar-refractivity contribution in [2.75, 3.05) is 11.9 Å². The van der Waals surface area contributed by atoms with Gasteiger partial charge in [-0.2, -0.15) is 0 Å². The molecule has 0 spiro atoms. The molecule has 0 aromatic carbocycles. The summed E-state index contributed by atoms with van der Waals surface area (Å²) in [6.07, 6.45) is 4.17. The second-order valence-electron chi connectivity index (χ2n) is 3.56. The number of carbonyl (C=O) groups is 1. The lowest BCUT2D eigenvalue weighted by atomic mass is 10.3. The van der Waals surface area contributed by atoms with E-state index in [9.17, 15) is 4.79 Å². The van der Waals surface area contributed by atoms with Gasteiger partial charge in [-0.25, -0.2) is 0 Å². The van der Waals surface area contributed by atoms with Gasteiger partial charge in [-0.1, -0.05) is 0 Å². The van der Waals surface area contributed by atoms with E-state index in [0.29, 0.717) is 0 Å². The Morgan fingerprint density at radius 1 is 1.57 bits per heavy atom. The molecule has 0 saturated heterocycles. The van der Waals surface area contributed by atoms with Crippen molar-refractivity contribution in [3.63, 3.8) is 0 Å². The van der Waals surface area contributed by atoms with Crippen LogP contribution < -0.4 is 4.90 Å². The van der Waals surface area contributed by atoms with Crippen LogP contribution in [-0.4, -0.2) is 29.1 Å². The van der Waals surface area contributed by atoms with Crippen LogP contribution in [0.5, 0.6) is 0 Å². The number of nitrogens with zero attached hydrogens (tertiary/aromatic N) is 2. The van der Waals surface area contributed by atoms with Crippen molar-refractivity contribution < 1.29 is 9.90 Å². The zero-order chi connectivity index (χ0) is 10.1. The van der Waals surface area contributed by atoms with E-state index < -0.39 is 5.97 Å². The van der Waals surface area contributed by atoms with Crippen LogP contribution in [-0.2, 0) is 4.79 Å². The molecule has 2 unspecified atom stereocenters. The summed E-state index contributed by atoms with van der Waals surface area (Å²) in [5.74, 6) is -0.899. The SMILES string of the molecule is CN(c1ccncc1)C1CC1C(=O)O. The number of carboxylic acids is 1. The molecule has 1 aliphatic carbocycles. The molecule has 1 heterocycles. The Balaban J connectivity index is 2.05. The monoisotopic (exact) mass is 192 g/mol. The van der Waals surface area contributed by atoms with E-state index in [1.165, 1.54) is 0 Å². The molecule has 2 atom stereocenters. The van der Waals surface area contributed by atoms with Crippen molar-refractivity contribution in [1.29, 1.82) is 0 Å². The molecule has 0 aliphatic heterocycles. The smallest absolute Gasteiger partial charge is 0.308 e. The van der Waals surface area contributed by atoms with Crippen molar-refractivity contribution >= 4 is 11.7 Å². The molecular formula is C10H12N2O2. The Morgan fingerprint density at radius 2 is 2.21 bits per heavy atom. The van der Waals surface area contributed by atoms with E-state index in [1.807, 2.05) is 24.1 Å². The number of carboxylic acid groups (broad SMARTS) is 1. The maximum Gasteiger partial charge on any atom is 0.308 e. The van der Waals surface area contributed by atoms with Crippen LogP contribution in [0.4, 0.5) is 5.69 Å². The molecule has 0 radical (unpaired) electrons. The van der Waals surface area contributed by atoms with Crippen LogP contribution in [0, 0.1) is 5.92 Å². The standard InChI is InChI=1S/C10H12N2O2/c1-12(7-2-4-11-5-3-7)9-6-8(9)10(13)14/h2-5,8-9H,6H2,1H3,(H,13,14). The molecular weight excluding hydrogens is 180 g/mol. The Kier molecular flexibility index (Phi) is 2.11. The molecule has 1 fully saturated rings. The normalized spacial score (nSPS) is 24.4. The maximum atomic E-state index is 10.7. The van der Waals surface area contributed by atoms with Crippen molar-refractivity contribution in [2.24, 2.45) is 5.92 Å². The number of anilines is 1. The summed E-state index contributed by atoms with van der Waals surface area (Å²) in [5, 5.41) is 8.78. The molecule has 1 aliphatic rings. The first-order chi connectivity index (χ1) is 6.70. The summed E-state index contributed by atoms with van der Waals surface area (Å²) >= 11 is 0. The Bertz CT molecular complexity index is 339. The van der Waals surface area contributed by atoms with Gasteiger partial charge in [0.2, 0.25) is 0 Å². The summed E-state index contributed by atoms with van der Waals surface area (Å²) < 4.78 is 0. The molecule has 1 aromatic heterocycles. The van der Waals surface area contributed by atoms with Crippen molar-refractivity contribution in [2.45, 2.75) is 12.5 Å². The van der Waals surface area contributed by atoms with Gasteiger partial charge in [0, 0.05) is 31.2 Å². The Hall–Kier alpha value is -1.58. The van der Waals surface area contributed by atoms with Gasteiger partial charge in [-0.15, -0.1) is 0 Å². The fourth-order valence-corrected chi connectivity index (χ4v) is 1.65. The molecule has 4 nitrogen and oxygen atoms in total. The minimum atomic E-state index is -0.698. The lowest BCUT2D eigenvalue weighted by Crippen LogP contribution is -2.23. The van der Waals surface area contributed by atoms with Crippen LogP contribution in [0.3, 0.4) is 0 Å². The average Bonchev–Trinajstić information content (AvgIpc) is 2.97. The first-order valence-corrected chi connectivity index (χ1v) is 4.56. The second kappa shape index (κ2) is 3.29. The van der Waals surface area contributed by atoms with E-state index >= 15 is 0 Å². The third kappa shape index (κ3) is 1.55. The largest absolute Gasteiger partial charge is 0.481 e. The van der Waals surface area contributed by atoms with E-state index in [-0.39, 0.29) is 12.0 Å². The number of aliphatic carboxylic acids is 1. The first-order valence-electron chi connectivity index (χ1n) is 4.56. The number of pyridine rings is 1. The van der Waals surface area contributed by atoms with Crippen molar-refractivity contribution in [1.82, 2.24) is 4.98 Å². The van der Waals surface area contributed by atoms with Crippen molar-refractivity contribution in [3.8, 4) is 0 Å². The summed E-state index contributed by atoms with van der Waals surface area (Å²) in [6, 6.07) is 3.92. The quantitative estimate of drug-likeness (QED) is 0.776. The number of rotatable bonds is 3. The van der Waals surface area contributed by atoms with E-state index in [0.717, 1.165) is 12.1 Å². The summed E-state index contributed by atoms with van der Waals surface area (Å²) in [4.78, 5) is 16.6. The van der Waals surface area contributed by atoms with Crippen LogP contribution >= 0.6 is 0 Å². The molecule has 14 heavy (non-hydrogen) atoms. The Labute approximate surface area is 82.2 Å². The highest BCUT2D eigenvalue weighted by Gasteiger charge is 2.46. The van der Waals surface area contributed by atoms with Gasteiger partial charge in [0.25, 0.3) is 0 Å². The van der Waals surface area contributed by atoms with Crippen molar-refractivity contribution in [3.05, 3.63) is 24.5 Å². The zero-order valence-corrected chi connectivity index (χ0v) is 7.92. The highest BCUT2D eigenvalue weighted by Crippen LogP contribution is 2.37. The molecule has 74 valence electrons. The van der Waals surface area contributed by atoms with Crippen LogP contribution in [0.2, 0.25) is 0 Å². The molecule has 1 N–H and O–H groups in total. The molecule has 1 aromatic rings. The van der Waals surface area contributed by atoms with Gasteiger partial charge in [0.1, 0.15) is 0 Å². The van der Waals surface area contributed by atoms with Gasteiger partial charge in [-0.3, -0.25) is 9.78 Å². The molecule has 2 rings (SSSR count). The lowest BCUT2D eigenvalue weighted by Gasteiger charge is -2.18. The zero-order valence-electron chi connectivity index (χ0n) is 7.92. The van der Waals surface area contributed by atoms with Gasteiger partial charge < -0.3 is 10.0 Å². The highest BCUT2D eigenvalue weighted by atomic mass is 16.4. The maximum absolute atomic E-state index is 10.7. The number of hydrogen-bond donors (Lipinski definition) is 1. The Morgan fingerprint density at radius 3 is 2.71 bits per heavy atom. The molecule has 4 heteroatoms. The van der Waals surface area contributed by atoms with Crippen LogP contribution in [0.1, 0.15) is 6.42 Å². The summed E-state index contributed by atoms with van der Waals surface area (Å²) in [7, 11) is 1.92. The summed E-state index contributed by atoms with van der Waals surface area (Å²) in [5.41, 5.74) is 1.02. The second-order valence-corrected chi connectivity index (χ2v) is 3.56. The molecule has 1 saturated carbocycles. The third-order valence-electron chi connectivity index (χ3n) is 2.64. The molecule has 0 amide bonds. The van der Waals surface area contributed by atoms with Gasteiger partial charge >= 0.3 is 5.97 Å². The van der Waals surface area contributed by atoms with Gasteiger partial charge in [-0.05, 0) is 18.6 Å². The minimum Gasteiger partial charge on any atom is -0.481 e. The fraction of sp³-hybridized carbons (Fsp3) is 0.400. The van der Waals surface area contributed by atoms with Gasteiger partial charge in [0.05, 0.1) is 5.92 Å². The van der Waals surface area contributed by atoms with E-state index in [2.05, 4.69) is 4.98 Å². The highest BCUT2D eigenvalue weighted by molar-refractivity contribution is 5.75. The average molecular weight is 192 g/mol. The lowest BCUT2D eigenvalue weighted by molar-refractivity contribution is -0.138. The van der Waals surface area contributed by atoms with Crippen LogP contribution in [0.25, 0.3) is 0 Å². The fourth-order valence-electron chi connectivity index (χ4n) is 1.65. The van der Waals surface area contributed by atoms with E-state index in [4.69, 9.17) is 5.11 Å². The number of hydrogen-bond acceptors (Lipinski definition) is 3. The van der Waals surface area contributed by atoms with E-state index in [1.54, 1.807) is 12.4 Å². The number of aromatic nitrogens is 1. The minimum absolute atomic E-state index is 0.148. The predicted molar refractivity (Wildman–Crippen MR) is 52.2 cm³/mol. The topological polar surface area (TPSA) is 53.4 Å². The summed E-state index contributed by atoms with van der Waals surface area (Å²) in [6.45, 7) is 0. The van der Waals surface area contributed by atoms with Gasteiger partial charge in [0.15, 0.2) is 0 Å². The predicted octanol–water partition coefficient (Wildman–Crippen LogP) is 0.991. The first kappa shape index (κ1) is 8.99. The third-order valence-corrected chi connectivity index (χ3v) is 2.64.